The number of ether oxygens (including phenoxy) is 3. The van der Waals surface area contributed by atoms with Gasteiger partial charge in [-0.15, -0.1) is 0 Å². The number of esters is 4. The molecule has 0 fully saturated rings. The summed E-state index contributed by atoms with van der Waals surface area (Å²) >= 11 is 0. The van der Waals surface area contributed by atoms with Gasteiger partial charge in [-0.3, -0.25) is 0 Å². The van der Waals surface area contributed by atoms with E-state index in [9.17, 15) is 39.0 Å². The van der Waals surface area contributed by atoms with E-state index in [0.717, 1.165) is 0 Å². The molecular formula is C34H28N2O11. The van der Waals surface area contributed by atoms with Gasteiger partial charge < -0.3 is 35.1 Å². The molecule has 4 rings (SSSR count). The topological polar surface area (TPSA) is 195 Å². The molecule has 240 valence electrons. The van der Waals surface area contributed by atoms with Crippen LogP contribution in [-0.4, -0.2) is 58.4 Å². The predicted molar refractivity (Wildman–Crippen MR) is 164 cm³/mol. The van der Waals surface area contributed by atoms with Gasteiger partial charge in [-0.1, -0.05) is 60.7 Å². The Labute approximate surface area is 267 Å². The molecule has 4 aromatic rings. The molecule has 0 saturated carbocycles. The molecule has 47 heavy (non-hydrogen) atoms. The van der Waals surface area contributed by atoms with Crippen LogP contribution in [0.4, 0.5) is 9.59 Å². The third-order valence-corrected chi connectivity index (χ3v) is 6.53. The fourth-order valence-electron chi connectivity index (χ4n) is 4.27. The Balaban J connectivity index is 1.38. The van der Waals surface area contributed by atoms with Crippen LogP contribution in [0.1, 0.15) is 31.8 Å². The van der Waals surface area contributed by atoms with Crippen LogP contribution >= 0.6 is 0 Å². The number of benzene rings is 4. The van der Waals surface area contributed by atoms with E-state index < -0.39 is 48.1 Å². The second kappa shape index (κ2) is 16.0. The van der Waals surface area contributed by atoms with Gasteiger partial charge in [0.1, 0.15) is 23.6 Å². The third-order valence-electron chi connectivity index (χ3n) is 6.53. The quantitative estimate of drug-likeness (QED) is 0.0982. The smallest absolute Gasteiger partial charge is 0.405 e. The molecule has 4 N–H and O–H groups in total. The van der Waals surface area contributed by atoms with E-state index >= 15 is 0 Å². The van der Waals surface area contributed by atoms with Crippen LogP contribution in [0.3, 0.4) is 0 Å². The van der Waals surface area contributed by atoms with Crippen LogP contribution < -0.4 is 20.1 Å². The monoisotopic (exact) mass is 640 g/mol. The average Bonchev–Trinajstić information content (AvgIpc) is 3.06. The molecule has 13 heteroatoms. The van der Waals surface area contributed by atoms with Crippen molar-refractivity contribution in [2.45, 2.75) is 24.9 Å². The average molecular weight is 641 g/mol. The SMILES string of the molecule is O=C(O)N[C@@H](Cc1ccc(OC(=O)c2ccccc2)cc1)C(=O)OC(=O)[C@H](Cc1ccc(OC(=O)c2ccccc2)cc1)NC(=O)O. The van der Waals surface area contributed by atoms with Gasteiger partial charge in [0, 0.05) is 12.8 Å². The maximum absolute atomic E-state index is 12.9. The van der Waals surface area contributed by atoms with Crippen LogP contribution in [0.15, 0.2) is 109 Å². The summed E-state index contributed by atoms with van der Waals surface area (Å²) in [6, 6.07) is 25.3. The highest BCUT2D eigenvalue weighted by Crippen LogP contribution is 2.18. The van der Waals surface area contributed by atoms with Gasteiger partial charge in [0.25, 0.3) is 0 Å². The summed E-state index contributed by atoms with van der Waals surface area (Å²) in [6.45, 7) is 0. The van der Waals surface area contributed by atoms with E-state index in [1.165, 1.54) is 48.5 Å². The van der Waals surface area contributed by atoms with Crippen LogP contribution in [0, 0.1) is 0 Å². The Hall–Kier alpha value is -6.50. The fraction of sp³-hybridized carbons (Fsp3) is 0.118. The van der Waals surface area contributed by atoms with Gasteiger partial charge in [0.15, 0.2) is 0 Å². The lowest BCUT2D eigenvalue weighted by molar-refractivity contribution is -0.162. The molecule has 4 aromatic carbocycles. The highest BCUT2D eigenvalue weighted by molar-refractivity contribution is 5.94. The lowest BCUT2D eigenvalue weighted by Gasteiger charge is -2.19. The molecule has 0 radical (unpaired) electrons. The summed E-state index contributed by atoms with van der Waals surface area (Å²) in [5, 5.41) is 22.5. The lowest BCUT2D eigenvalue weighted by Crippen LogP contribution is -2.47. The molecule has 13 nitrogen and oxygen atoms in total. The van der Waals surface area contributed by atoms with Crippen LogP contribution in [0.5, 0.6) is 11.5 Å². The Morgan fingerprint density at radius 3 is 1.17 bits per heavy atom. The molecule has 0 spiro atoms. The van der Waals surface area contributed by atoms with Crippen molar-refractivity contribution in [1.29, 1.82) is 0 Å². The minimum atomic E-state index is -1.57. The molecular weight excluding hydrogens is 612 g/mol. The van der Waals surface area contributed by atoms with Crippen molar-refractivity contribution in [2.75, 3.05) is 0 Å². The Morgan fingerprint density at radius 1 is 0.511 bits per heavy atom. The van der Waals surface area contributed by atoms with Crippen molar-refractivity contribution >= 4 is 36.1 Å². The first-order chi connectivity index (χ1) is 22.6. The van der Waals surface area contributed by atoms with Gasteiger partial charge >= 0.3 is 36.1 Å². The number of rotatable bonds is 12. The summed E-state index contributed by atoms with van der Waals surface area (Å²) in [5.74, 6) is -3.30. The van der Waals surface area contributed by atoms with E-state index in [1.54, 1.807) is 60.7 Å². The summed E-state index contributed by atoms with van der Waals surface area (Å²) < 4.78 is 15.5. The standard InChI is InChI=1S/C34H28N2O11/c37-29(23-7-3-1-4-8-23)45-25-15-11-21(12-16-25)19-27(35-33(41)42)31(39)47-32(40)28(36-34(43)44)20-22-13-17-26(18-14-22)46-30(38)24-9-5-2-6-10-24/h1-18,27-28,35-36H,19-20H2,(H,41,42)(H,43,44)/t27-,28-/m0/s1. The van der Waals surface area contributed by atoms with Gasteiger partial charge in [-0.25, -0.2) is 28.8 Å². The number of nitrogens with one attached hydrogen (secondary N) is 2. The summed E-state index contributed by atoms with van der Waals surface area (Å²) in [7, 11) is 0. The van der Waals surface area contributed by atoms with E-state index in [2.05, 4.69) is 0 Å². The molecule has 0 heterocycles. The maximum Gasteiger partial charge on any atom is 0.405 e. The van der Waals surface area contributed by atoms with Crippen molar-refractivity contribution in [3.63, 3.8) is 0 Å². The van der Waals surface area contributed by atoms with Crippen molar-refractivity contribution in [2.24, 2.45) is 0 Å². The van der Waals surface area contributed by atoms with Crippen molar-refractivity contribution in [3.05, 3.63) is 131 Å². The van der Waals surface area contributed by atoms with Crippen LogP contribution in [-0.2, 0) is 27.2 Å². The Bertz CT molecular complexity index is 1600. The molecule has 0 aliphatic rings. The number of carboxylic acid groups (broad SMARTS) is 2. The van der Waals surface area contributed by atoms with Gasteiger partial charge in [-0.2, -0.15) is 0 Å². The highest BCUT2D eigenvalue weighted by Gasteiger charge is 2.30. The molecule has 0 unspecified atom stereocenters. The predicted octanol–water partition coefficient (Wildman–Crippen LogP) is 4.25. The second-order valence-electron chi connectivity index (χ2n) is 9.95. The first-order valence-corrected chi connectivity index (χ1v) is 14.0. The zero-order chi connectivity index (χ0) is 33.8. The van der Waals surface area contributed by atoms with E-state index in [1.807, 2.05) is 10.6 Å². The van der Waals surface area contributed by atoms with Crippen molar-refractivity contribution in [1.82, 2.24) is 10.6 Å². The number of carbonyl (C=O) groups is 6. The summed E-state index contributed by atoms with van der Waals surface area (Å²) in [4.78, 5) is 73.2. The first kappa shape index (κ1) is 33.4. The number of hydrogen-bond acceptors (Lipinski definition) is 9. The third kappa shape index (κ3) is 10.3. The molecule has 0 saturated heterocycles. The fourth-order valence-corrected chi connectivity index (χ4v) is 4.27. The Morgan fingerprint density at radius 2 is 0.851 bits per heavy atom. The molecule has 0 bridgehead atoms. The summed E-state index contributed by atoms with van der Waals surface area (Å²) in [6.07, 6.45) is -3.63. The number of hydrogen-bond donors (Lipinski definition) is 4. The van der Waals surface area contributed by atoms with Crippen LogP contribution in [0.25, 0.3) is 0 Å². The van der Waals surface area contributed by atoms with Gasteiger partial charge in [-0.05, 0) is 59.7 Å². The highest BCUT2D eigenvalue weighted by atomic mass is 16.6. The van der Waals surface area contributed by atoms with Gasteiger partial charge in [0.05, 0.1) is 11.1 Å². The molecule has 2 atom stereocenters. The zero-order valence-corrected chi connectivity index (χ0v) is 24.5. The molecule has 0 aliphatic carbocycles. The van der Waals surface area contributed by atoms with E-state index in [4.69, 9.17) is 14.2 Å². The minimum Gasteiger partial charge on any atom is -0.465 e. The van der Waals surface area contributed by atoms with Gasteiger partial charge in [0.2, 0.25) is 0 Å². The van der Waals surface area contributed by atoms with Crippen LogP contribution in [0.2, 0.25) is 0 Å². The summed E-state index contributed by atoms with van der Waals surface area (Å²) in [5.41, 5.74) is 1.54. The van der Waals surface area contributed by atoms with E-state index in [0.29, 0.717) is 22.3 Å². The Kier molecular flexibility index (Phi) is 11.4. The minimum absolute atomic E-state index is 0.202. The molecule has 2 amide bonds. The lowest BCUT2D eigenvalue weighted by atomic mass is 10.0. The normalized spacial score (nSPS) is 11.7. The molecule has 0 aromatic heterocycles. The maximum atomic E-state index is 12.9. The van der Waals surface area contributed by atoms with E-state index in [-0.39, 0.29) is 24.3 Å². The number of carbonyl (C=O) groups excluding carboxylic acids is 4. The first-order valence-electron chi connectivity index (χ1n) is 14.0. The largest absolute Gasteiger partial charge is 0.465 e. The zero-order valence-electron chi connectivity index (χ0n) is 24.5. The van der Waals surface area contributed by atoms with Crippen molar-refractivity contribution < 1.29 is 53.2 Å². The molecule has 0 aliphatic heterocycles. The number of amides is 2. The van der Waals surface area contributed by atoms with Crippen molar-refractivity contribution in [3.8, 4) is 11.5 Å². The second-order valence-corrected chi connectivity index (χ2v) is 9.95.